The molecule has 2 atom stereocenters. The van der Waals surface area contributed by atoms with E-state index in [0.717, 1.165) is 18.7 Å². The van der Waals surface area contributed by atoms with Crippen molar-refractivity contribution in [2.45, 2.75) is 32.4 Å². The lowest BCUT2D eigenvalue weighted by Gasteiger charge is -2.42. The largest absolute Gasteiger partial charge is 0.320 e. The van der Waals surface area contributed by atoms with E-state index in [2.05, 4.69) is 30.9 Å². The predicted octanol–water partition coefficient (Wildman–Crippen LogP) is 4.08. The lowest BCUT2D eigenvalue weighted by atomic mass is 9.80. The van der Waals surface area contributed by atoms with Gasteiger partial charge in [0.1, 0.15) is 5.82 Å². The first-order chi connectivity index (χ1) is 10.5. The van der Waals surface area contributed by atoms with Crippen molar-refractivity contribution in [1.29, 1.82) is 0 Å². The minimum absolute atomic E-state index is 0.0363. The van der Waals surface area contributed by atoms with E-state index in [9.17, 15) is 4.39 Å². The molecule has 2 rings (SSSR count). The Hall–Kier alpha value is -1.71. The summed E-state index contributed by atoms with van der Waals surface area (Å²) in [5.41, 5.74) is 8.26. The normalized spacial score (nSPS) is 15.5. The summed E-state index contributed by atoms with van der Waals surface area (Å²) < 4.78 is 13.2. The maximum absolute atomic E-state index is 13.2. The molecule has 0 aliphatic carbocycles. The van der Waals surface area contributed by atoms with Crippen LogP contribution in [0.15, 0.2) is 54.6 Å². The number of nitrogens with two attached hydrogens (primary N) is 1. The molecule has 0 aliphatic rings. The third kappa shape index (κ3) is 3.37. The minimum Gasteiger partial charge on any atom is -0.320 e. The fraction of sp³-hybridized carbons (Fsp3) is 0.368. The van der Waals surface area contributed by atoms with Crippen LogP contribution >= 0.6 is 0 Å². The van der Waals surface area contributed by atoms with E-state index in [0.29, 0.717) is 0 Å². The second-order valence-electron chi connectivity index (χ2n) is 5.82. The Kier molecular flexibility index (Phi) is 5.33. The van der Waals surface area contributed by atoms with Crippen LogP contribution in [0, 0.1) is 5.82 Å². The first-order valence-electron chi connectivity index (χ1n) is 7.84. The van der Waals surface area contributed by atoms with Crippen molar-refractivity contribution in [3.05, 3.63) is 71.5 Å². The average molecular weight is 300 g/mol. The van der Waals surface area contributed by atoms with Gasteiger partial charge in [0.05, 0.1) is 11.6 Å². The SMILES string of the molecule is CCN(CC)C(c1ccccc1)C(C)(N)c1ccc(F)cc1. The molecule has 2 aromatic carbocycles. The molecule has 0 aliphatic heterocycles. The third-order valence-electron chi connectivity index (χ3n) is 4.33. The van der Waals surface area contributed by atoms with Crippen LogP contribution in [-0.2, 0) is 5.54 Å². The summed E-state index contributed by atoms with van der Waals surface area (Å²) in [7, 11) is 0. The van der Waals surface area contributed by atoms with Crippen LogP contribution in [0.2, 0.25) is 0 Å². The molecule has 118 valence electrons. The van der Waals surface area contributed by atoms with Gasteiger partial charge in [-0.1, -0.05) is 56.3 Å². The first kappa shape index (κ1) is 16.7. The van der Waals surface area contributed by atoms with E-state index in [1.807, 2.05) is 25.1 Å². The van der Waals surface area contributed by atoms with Crippen LogP contribution in [0.3, 0.4) is 0 Å². The molecule has 3 heteroatoms. The molecule has 0 aromatic heterocycles. The molecule has 0 fully saturated rings. The average Bonchev–Trinajstić information content (AvgIpc) is 2.53. The molecule has 2 unspecified atom stereocenters. The van der Waals surface area contributed by atoms with Gasteiger partial charge in [-0.2, -0.15) is 0 Å². The lowest BCUT2D eigenvalue weighted by Crippen LogP contribution is -2.48. The Morgan fingerprint density at radius 2 is 1.55 bits per heavy atom. The van der Waals surface area contributed by atoms with Crippen LogP contribution in [0.4, 0.5) is 4.39 Å². The minimum atomic E-state index is -0.610. The number of likely N-dealkylation sites (N-methyl/N-ethyl adjacent to an activating group) is 1. The zero-order valence-corrected chi connectivity index (χ0v) is 13.6. The van der Waals surface area contributed by atoms with Crippen molar-refractivity contribution >= 4 is 0 Å². The van der Waals surface area contributed by atoms with Crippen molar-refractivity contribution in [2.75, 3.05) is 13.1 Å². The quantitative estimate of drug-likeness (QED) is 0.871. The van der Waals surface area contributed by atoms with Gasteiger partial charge in [0.15, 0.2) is 0 Å². The molecule has 0 amide bonds. The number of nitrogens with zero attached hydrogens (tertiary/aromatic N) is 1. The molecule has 0 bridgehead atoms. The summed E-state index contributed by atoms with van der Waals surface area (Å²) in [5.74, 6) is -0.237. The monoisotopic (exact) mass is 300 g/mol. The number of rotatable bonds is 6. The summed E-state index contributed by atoms with van der Waals surface area (Å²) in [6, 6.07) is 16.9. The number of benzene rings is 2. The Morgan fingerprint density at radius 3 is 2.05 bits per heavy atom. The summed E-state index contributed by atoms with van der Waals surface area (Å²) in [6.07, 6.45) is 0. The number of hydrogen-bond donors (Lipinski definition) is 1. The summed E-state index contributed by atoms with van der Waals surface area (Å²) in [6.45, 7) is 8.12. The van der Waals surface area contributed by atoms with Crippen molar-refractivity contribution in [2.24, 2.45) is 5.73 Å². The standard InChI is InChI=1S/C19H25FN2/c1-4-22(5-2)18(15-9-7-6-8-10-15)19(3,21)16-11-13-17(20)14-12-16/h6-14,18H,4-5,21H2,1-3H3. The Bertz CT molecular complexity index is 574. The van der Waals surface area contributed by atoms with E-state index < -0.39 is 5.54 Å². The number of halogens is 1. The molecule has 0 saturated carbocycles. The molecular weight excluding hydrogens is 275 g/mol. The fourth-order valence-corrected chi connectivity index (χ4v) is 3.13. The number of hydrogen-bond acceptors (Lipinski definition) is 2. The topological polar surface area (TPSA) is 29.3 Å². The van der Waals surface area contributed by atoms with E-state index in [1.54, 1.807) is 12.1 Å². The highest BCUT2D eigenvalue weighted by Crippen LogP contribution is 2.37. The van der Waals surface area contributed by atoms with Gasteiger partial charge < -0.3 is 5.73 Å². The van der Waals surface area contributed by atoms with Crippen LogP contribution in [-0.4, -0.2) is 18.0 Å². The Balaban J connectivity index is 2.49. The second-order valence-corrected chi connectivity index (χ2v) is 5.82. The second kappa shape index (κ2) is 7.03. The molecule has 2 aromatic rings. The lowest BCUT2D eigenvalue weighted by molar-refractivity contribution is 0.140. The zero-order chi connectivity index (χ0) is 16.2. The van der Waals surface area contributed by atoms with Crippen molar-refractivity contribution in [3.8, 4) is 0 Å². The van der Waals surface area contributed by atoms with E-state index in [-0.39, 0.29) is 11.9 Å². The van der Waals surface area contributed by atoms with Crippen molar-refractivity contribution in [3.63, 3.8) is 0 Å². The van der Waals surface area contributed by atoms with E-state index in [4.69, 9.17) is 5.73 Å². The molecular formula is C19H25FN2. The highest BCUT2D eigenvalue weighted by atomic mass is 19.1. The van der Waals surface area contributed by atoms with Gasteiger partial charge in [0, 0.05) is 0 Å². The molecule has 0 radical (unpaired) electrons. The highest BCUT2D eigenvalue weighted by molar-refractivity contribution is 5.32. The van der Waals surface area contributed by atoms with Crippen LogP contribution < -0.4 is 5.73 Å². The Morgan fingerprint density at radius 1 is 1.00 bits per heavy atom. The van der Waals surface area contributed by atoms with Gasteiger partial charge in [-0.15, -0.1) is 0 Å². The molecule has 22 heavy (non-hydrogen) atoms. The molecule has 0 heterocycles. The van der Waals surface area contributed by atoms with Gasteiger partial charge >= 0.3 is 0 Å². The zero-order valence-electron chi connectivity index (χ0n) is 13.6. The van der Waals surface area contributed by atoms with E-state index in [1.165, 1.54) is 17.7 Å². The molecule has 0 spiro atoms. The maximum atomic E-state index is 13.2. The van der Waals surface area contributed by atoms with Gasteiger partial charge in [-0.05, 0) is 43.3 Å². The van der Waals surface area contributed by atoms with E-state index >= 15 is 0 Å². The van der Waals surface area contributed by atoms with Crippen LogP contribution in [0.1, 0.15) is 37.9 Å². The summed E-state index contributed by atoms with van der Waals surface area (Å²) in [4.78, 5) is 2.35. The van der Waals surface area contributed by atoms with Gasteiger partial charge in [-0.3, -0.25) is 4.90 Å². The smallest absolute Gasteiger partial charge is 0.123 e. The highest BCUT2D eigenvalue weighted by Gasteiger charge is 2.36. The summed E-state index contributed by atoms with van der Waals surface area (Å²) in [5, 5.41) is 0. The first-order valence-corrected chi connectivity index (χ1v) is 7.84. The Labute approximate surface area is 132 Å². The third-order valence-corrected chi connectivity index (χ3v) is 4.33. The summed E-state index contributed by atoms with van der Waals surface area (Å²) >= 11 is 0. The van der Waals surface area contributed by atoms with Crippen LogP contribution in [0.25, 0.3) is 0 Å². The van der Waals surface area contributed by atoms with Gasteiger partial charge in [0.2, 0.25) is 0 Å². The van der Waals surface area contributed by atoms with Gasteiger partial charge in [-0.25, -0.2) is 4.39 Å². The molecule has 2 nitrogen and oxygen atoms in total. The van der Waals surface area contributed by atoms with Gasteiger partial charge in [0.25, 0.3) is 0 Å². The molecule has 0 saturated heterocycles. The van der Waals surface area contributed by atoms with Crippen LogP contribution in [0.5, 0.6) is 0 Å². The fourth-order valence-electron chi connectivity index (χ4n) is 3.13. The van der Waals surface area contributed by atoms with Crippen molar-refractivity contribution in [1.82, 2.24) is 4.90 Å². The van der Waals surface area contributed by atoms with Crippen molar-refractivity contribution < 1.29 is 4.39 Å². The maximum Gasteiger partial charge on any atom is 0.123 e. The predicted molar refractivity (Wildman–Crippen MR) is 90.0 cm³/mol. The molecule has 2 N–H and O–H groups in total.